The number of ether oxygens (including phenoxy) is 5. The molecule has 7 rings (SSSR count). The Kier molecular flexibility index (Phi) is 12.6. The third-order valence-electron chi connectivity index (χ3n) is 11.5. The smallest absolute Gasteiger partial charge is 0.254 e. The van der Waals surface area contributed by atoms with Crippen LogP contribution in [0.4, 0.5) is 0 Å². The molecule has 2 heterocycles. The molecule has 11 nitrogen and oxygen atoms in total. The number of aliphatic hydroxyl groups is 2. The molecular formula is C44H52N2O9S. The highest BCUT2D eigenvalue weighted by Gasteiger charge is 2.65. The molecule has 2 aliphatic heterocycles. The number of benzene rings is 3. The largest absolute Gasteiger partial charge is 0.459 e. The summed E-state index contributed by atoms with van der Waals surface area (Å²) in [5.74, 6) is 1.21. The van der Waals surface area contributed by atoms with E-state index in [9.17, 15) is 15.0 Å². The van der Waals surface area contributed by atoms with Gasteiger partial charge in [-0.25, -0.2) is 0 Å². The lowest BCUT2D eigenvalue weighted by Crippen LogP contribution is -2.69. The van der Waals surface area contributed by atoms with Crippen LogP contribution in [0.2, 0.25) is 0 Å². The average Bonchev–Trinajstić information content (AvgIpc) is 3.70. The molecule has 6 atom stereocenters. The van der Waals surface area contributed by atoms with Crippen molar-refractivity contribution >= 4 is 23.4 Å². The summed E-state index contributed by atoms with van der Waals surface area (Å²) >= 11 is 1.68. The van der Waals surface area contributed by atoms with Crippen LogP contribution in [0.5, 0.6) is 28.7 Å². The van der Waals surface area contributed by atoms with E-state index in [1.807, 2.05) is 42.7 Å². The Hall–Kier alpha value is -4.49. The number of nitrogens with zero attached hydrogens (tertiary/aromatic N) is 2. The van der Waals surface area contributed by atoms with E-state index in [1.54, 1.807) is 55.1 Å². The van der Waals surface area contributed by atoms with Crippen molar-refractivity contribution in [3.8, 4) is 28.7 Å². The Balaban J connectivity index is 1.39. The lowest BCUT2D eigenvalue weighted by Gasteiger charge is -2.59. The first kappa shape index (κ1) is 39.7. The Morgan fingerprint density at radius 2 is 1.71 bits per heavy atom. The van der Waals surface area contributed by atoms with Crippen molar-refractivity contribution in [1.29, 1.82) is 0 Å². The second kappa shape index (κ2) is 17.8. The number of carbonyl (C=O) groups is 1. The maximum Gasteiger partial charge on any atom is 0.254 e. The molecule has 0 unspecified atom stereocenters. The van der Waals surface area contributed by atoms with E-state index in [1.165, 1.54) is 0 Å². The molecule has 0 bridgehead atoms. The number of unbranched alkanes of at least 4 members (excludes halogenated alkanes) is 2. The van der Waals surface area contributed by atoms with E-state index in [0.29, 0.717) is 47.8 Å². The monoisotopic (exact) mass is 784 g/mol. The molecule has 1 amide bonds. The second-order valence-electron chi connectivity index (χ2n) is 14.7. The van der Waals surface area contributed by atoms with E-state index in [-0.39, 0.29) is 50.3 Å². The predicted octanol–water partition coefficient (Wildman–Crippen LogP) is 7.97. The van der Waals surface area contributed by atoms with Gasteiger partial charge in [-0.05, 0) is 110 Å². The first-order chi connectivity index (χ1) is 27.3. The zero-order valence-corrected chi connectivity index (χ0v) is 33.2. The number of aliphatic hydroxyl groups excluding tert-OH is 2. The third kappa shape index (κ3) is 7.76. The lowest BCUT2D eigenvalue weighted by molar-refractivity contribution is -0.252. The summed E-state index contributed by atoms with van der Waals surface area (Å²) in [5.41, 5.74) is 3.12. The summed E-state index contributed by atoms with van der Waals surface area (Å²) in [4.78, 5) is 22.9. The number of oxime groups is 1. The number of thioether (sulfide) groups is 1. The topological polar surface area (TPSA) is 129 Å². The summed E-state index contributed by atoms with van der Waals surface area (Å²) in [6, 6.07) is 18.5. The molecule has 2 aliphatic carbocycles. The number of amides is 1. The van der Waals surface area contributed by atoms with Crippen molar-refractivity contribution in [2.45, 2.75) is 67.6 Å². The quantitative estimate of drug-likeness (QED) is 0.0602. The van der Waals surface area contributed by atoms with Crippen LogP contribution < -0.4 is 18.9 Å². The summed E-state index contributed by atoms with van der Waals surface area (Å²) in [6.45, 7) is 4.51. The van der Waals surface area contributed by atoms with E-state index in [2.05, 4.69) is 23.9 Å². The van der Waals surface area contributed by atoms with Gasteiger partial charge < -0.3 is 43.6 Å². The van der Waals surface area contributed by atoms with E-state index >= 15 is 0 Å². The number of carbonyl (C=O) groups excluding carboxylic acids is 1. The highest BCUT2D eigenvalue weighted by Crippen LogP contribution is 2.62. The molecule has 2 N–H and O–H groups in total. The van der Waals surface area contributed by atoms with Crippen LogP contribution in [-0.4, -0.2) is 85.6 Å². The third-order valence-corrected chi connectivity index (χ3v) is 12.3. The van der Waals surface area contributed by atoms with E-state index in [4.69, 9.17) is 28.5 Å². The molecule has 0 spiro atoms. The summed E-state index contributed by atoms with van der Waals surface area (Å²) < 4.78 is 31.9. The number of hydrogen-bond acceptors (Lipinski definition) is 11. The van der Waals surface area contributed by atoms with Crippen molar-refractivity contribution in [2.75, 3.05) is 47.0 Å². The molecule has 1 saturated carbocycles. The van der Waals surface area contributed by atoms with E-state index in [0.717, 1.165) is 53.2 Å². The number of rotatable bonds is 17. The maximum atomic E-state index is 14.5. The molecule has 12 heteroatoms. The van der Waals surface area contributed by atoms with Gasteiger partial charge in [0.1, 0.15) is 30.4 Å². The number of allylic oxidation sites excluding steroid dienone is 1. The molecule has 4 aliphatic rings. The molecule has 0 radical (unpaired) electrons. The molecule has 0 aromatic heterocycles. The minimum atomic E-state index is -1.35. The van der Waals surface area contributed by atoms with Crippen LogP contribution in [0.3, 0.4) is 0 Å². The predicted molar refractivity (Wildman–Crippen MR) is 215 cm³/mol. The number of likely N-dealkylation sites (N-methyl/N-ethyl adjacent to an activating group) is 1. The van der Waals surface area contributed by atoms with E-state index < -0.39 is 17.7 Å². The SMILES string of the molecule is C=CCO[C@@]12Oc3ccc(Oc4ccc(SC)cc4)cc3[C@H]3[C@H](CCCCO)[C@@H](CCCCO)C=C(C(=NOC)C[C@@H]1N(C)C(=O)c1ccc4c(c1)OCO4)[C@H]32. The van der Waals surface area contributed by atoms with Gasteiger partial charge in [0.25, 0.3) is 5.91 Å². The molecule has 3 aromatic carbocycles. The van der Waals surface area contributed by atoms with Gasteiger partial charge in [-0.1, -0.05) is 30.1 Å². The Labute approximate surface area is 333 Å². The first-order valence-corrected chi connectivity index (χ1v) is 20.7. The van der Waals surface area contributed by atoms with Gasteiger partial charge in [-0.3, -0.25) is 4.79 Å². The standard InChI is InChI=1S/C44H52N2O9S/c1-5-22-53-44-40(46(2)43(49)29-12-18-38-39(24-29)52-27-51-38)26-36(45-50-3)34-23-28(10-6-8-20-47)33(11-7-9-21-48)41(42(34)44)35-25-31(15-19-37(35)55-44)54-30-13-16-32(56-4)17-14-30/h5,12-19,23-25,28,33,40-42,47-48H,1,6-11,20-22,26-27H2,2-4H3/t28-,33+,40-,41+,42+,44+/m0/s1. The van der Waals surface area contributed by atoms with Crippen LogP contribution in [-0.2, 0) is 9.57 Å². The van der Waals surface area contributed by atoms with Gasteiger partial charge in [-0.15, -0.1) is 18.3 Å². The molecule has 3 aromatic rings. The molecular weight excluding hydrogens is 733 g/mol. The van der Waals surface area contributed by atoms with Crippen LogP contribution in [0, 0.1) is 17.8 Å². The zero-order chi connectivity index (χ0) is 39.2. The lowest BCUT2D eigenvalue weighted by atomic mass is 9.55. The van der Waals surface area contributed by atoms with Crippen LogP contribution in [0.1, 0.15) is 66.8 Å². The van der Waals surface area contributed by atoms with Gasteiger partial charge in [0.15, 0.2) is 11.5 Å². The average molecular weight is 785 g/mol. The summed E-state index contributed by atoms with van der Waals surface area (Å²) in [5, 5.41) is 24.3. The van der Waals surface area contributed by atoms with Crippen LogP contribution in [0.25, 0.3) is 0 Å². The first-order valence-electron chi connectivity index (χ1n) is 19.5. The second-order valence-corrected chi connectivity index (χ2v) is 15.6. The molecule has 0 saturated heterocycles. The Bertz CT molecular complexity index is 1930. The van der Waals surface area contributed by atoms with Crippen molar-refractivity contribution in [3.63, 3.8) is 0 Å². The fourth-order valence-corrected chi connectivity index (χ4v) is 9.46. The van der Waals surface area contributed by atoms with Gasteiger partial charge in [0.05, 0.1) is 18.2 Å². The molecule has 1 fully saturated rings. The van der Waals surface area contributed by atoms with Crippen molar-refractivity contribution in [1.82, 2.24) is 4.90 Å². The van der Waals surface area contributed by atoms with Crippen LogP contribution in [0.15, 0.2) is 95.0 Å². The van der Waals surface area contributed by atoms with Gasteiger partial charge >= 0.3 is 0 Å². The molecule has 298 valence electrons. The van der Waals surface area contributed by atoms with Gasteiger partial charge in [0, 0.05) is 48.6 Å². The van der Waals surface area contributed by atoms with Crippen molar-refractivity contribution in [2.24, 2.45) is 22.9 Å². The summed E-state index contributed by atoms with van der Waals surface area (Å²) in [6.07, 6.45) is 11.1. The van der Waals surface area contributed by atoms with Gasteiger partial charge in [-0.2, -0.15) is 0 Å². The Morgan fingerprint density at radius 1 is 0.982 bits per heavy atom. The van der Waals surface area contributed by atoms with Gasteiger partial charge in [0.2, 0.25) is 12.6 Å². The number of hydrogen-bond donors (Lipinski definition) is 2. The fraction of sp³-hybridized carbons (Fsp3) is 0.455. The fourth-order valence-electron chi connectivity index (χ4n) is 9.06. The minimum absolute atomic E-state index is 0.0943. The van der Waals surface area contributed by atoms with Crippen molar-refractivity contribution in [3.05, 3.63) is 96.1 Å². The zero-order valence-electron chi connectivity index (χ0n) is 32.4. The minimum Gasteiger partial charge on any atom is -0.459 e. The Morgan fingerprint density at radius 3 is 2.45 bits per heavy atom. The highest BCUT2D eigenvalue weighted by molar-refractivity contribution is 7.98. The van der Waals surface area contributed by atoms with Crippen LogP contribution >= 0.6 is 11.8 Å². The molecule has 56 heavy (non-hydrogen) atoms. The summed E-state index contributed by atoms with van der Waals surface area (Å²) in [7, 11) is 3.32. The van der Waals surface area contributed by atoms with Crippen molar-refractivity contribution < 1.29 is 43.5 Å². The maximum absolute atomic E-state index is 14.5. The highest BCUT2D eigenvalue weighted by atomic mass is 32.2. The normalized spacial score (nSPS) is 25.1. The number of fused-ring (bicyclic) bond motifs is 3.